The van der Waals surface area contributed by atoms with Crippen LogP contribution in [-0.4, -0.2) is 51.4 Å². The monoisotopic (exact) mass is 376 g/mol. The lowest BCUT2D eigenvalue weighted by atomic mass is 9.89. The summed E-state index contributed by atoms with van der Waals surface area (Å²) in [5.74, 6) is -1.96. The van der Waals surface area contributed by atoms with Gasteiger partial charge in [0.2, 0.25) is 0 Å². The zero-order valence-corrected chi connectivity index (χ0v) is 15.1. The van der Waals surface area contributed by atoms with Crippen molar-refractivity contribution >= 4 is 28.8 Å². The first kappa shape index (κ1) is 18.8. The Morgan fingerprint density at radius 1 is 1.15 bits per heavy atom. The number of aromatic amines is 2. The Bertz CT molecular complexity index is 948. The molecule has 144 valence electrons. The van der Waals surface area contributed by atoms with E-state index in [1.807, 2.05) is 0 Å². The Morgan fingerprint density at radius 2 is 1.89 bits per heavy atom. The van der Waals surface area contributed by atoms with Gasteiger partial charge in [0.15, 0.2) is 0 Å². The smallest absolute Gasteiger partial charge is 0.302 e. The van der Waals surface area contributed by atoms with Crippen LogP contribution in [0.4, 0.5) is 0 Å². The van der Waals surface area contributed by atoms with Crippen molar-refractivity contribution in [1.29, 1.82) is 0 Å². The van der Waals surface area contributed by atoms with E-state index in [4.69, 9.17) is 9.47 Å². The van der Waals surface area contributed by atoms with Crippen LogP contribution >= 0.6 is 0 Å². The van der Waals surface area contributed by atoms with E-state index >= 15 is 0 Å². The molecule has 0 spiro atoms. The molecule has 10 heteroatoms. The Balaban J connectivity index is 2.03. The lowest BCUT2D eigenvalue weighted by molar-refractivity contribution is -0.152. The molecule has 10 nitrogen and oxygen atoms in total. The summed E-state index contributed by atoms with van der Waals surface area (Å²) in [7, 11) is 0. The lowest BCUT2D eigenvalue weighted by Crippen LogP contribution is -2.40. The minimum Gasteiger partial charge on any atom is -0.464 e. The van der Waals surface area contributed by atoms with Crippen LogP contribution < -0.4 is 10.9 Å². The number of fused-ring (bicyclic) bond motifs is 1. The molecule has 0 amide bonds. The van der Waals surface area contributed by atoms with Crippen molar-refractivity contribution in [1.82, 2.24) is 20.3 Å². The molecule has 4 unspecified atom stereocenters. The summed E-state index contributed by atoms with van der Waals surface area (Å²) >= 11 is 0. The maximum Gasteiger partial charge on any atom is 0.302 e. The van der Waals surface area contributed by atoms with Crippen LogP contribution in [0.5, 0.6) is 0 Å². The molecule has 1 aliphatic heterocycles. The number of carbonyl (C=O) groups is 3. The maximum absolute atomic E-state index is 12.4. The molecular weight excluding hydrogens is 356 g/mol. The first-order valence-corrected chi connectivity index (χ1v) is 8.41. The number of ketones is 1. The summed E-state index contributed by atoms with van der Waals surface area (Å²) in [6, 6.07) is -1.15. The number of esters is 2. The van der Waals surface area contributed by atoms with Crippen molar-refractivity contribution in [3.8, 4) is 0 Å². The van der Waals surface area contributed by atoms with Crippen molar-refractivity contribution < 1.29 is 23.9 Å². The molecule has 0 saturated carbocycles. The molecule has 2 aromatic rings. The Labute approximate surface area is 153 Å². The van der Waals surface area contributed by atoms with Gasteiger partial charge < -0.3 is 19.4 Å². The number of nitrogens with one attached hydrogen (secondary N) is 3. The van der Waals surface area contributed by atoms with E-state index in [0.717, 1.165) is 0 Å². The quantitative estimate of drug-likeness (QED) is 0.617. The van der Waals surface area contributed by atoms with Crippen LogP contribution in [0.2, 0.25) is 0 Å². The summed E-state index contributed by atoms with van der Waals surface area (Å²) < 4.78 is 10.4. The van der Waals surface area contributed by atoms with Crippen molar-refractivity contribution in [2.45, 2.75) is 39.0 Å². The number of ether oxygens (including phenoxy) is 2. The van der Waals surface area contributed by atoms with Crippen LogP contribution in [0.15, 0.2) is 17.3 Å². The second kappa shape index (κ2) is 7.31. The van der Waals surface area contributed by atoms with Gasteiger partial charge in [-0.3, -0.25) is 24.5 Å². The van der Waals surface area contributed by atoms with Crippen molar-refractivity contribution in [3.63, 3.8) is 0 Å². The molecule has 1 aliphatic rings. The Hall–Kier alpha value is -3.01. The van der Waals surface area contributed by atoms with E-state index in [1.165, 1.54) is 27.1 Å². The predicted octanol–water partition coefficient (Wildman–Crippen LogP) is -0.0359. The second-order valence-corrected chi connectivity index (χ2v) is 6.46. The number of rotatable bonds is 5. The highest BCUT2D eigenvalue weighted by Crippen LogP contribution is 2.37. The van der Waals surface area contributed by atoms with Gasteiger partial charge in [0.1, 0.15) is 29.5 Å². The van der Waals surface area contributed by atoms with Gasteiger partial charge in [0, 0.05) is 31.6 Å². The first-order valence-electron chi connectivity index (χ1n) is 8.41. The molecule has 3 rings (SSSR count). The summed E-state index contributed by atoms with van der Waals surface area (Å²) in [5.41, 5.74) is 0.955. The number of H-pyrrole nitrogens is 2. The number of nitrogens with zero attached hydrogens (tertiary/aromatic N) is 1. The highest BCUT2D eigenvalue weighted by Gasteiger charge is 2.49. The highest BCUT2D eigenvalue weighted by atomic mass is 16.6. The van der Waals surface area contributed by atoms with Gasteiger partial charge in [-0.2, -0.15) is 0 Å². The molecule has 0 aromatic carbocycles. The number of hydrogen-bond acceptors (Lipinski definition) is 8. The molecule has 0 radical (unpaired) electrons. The molecule has 3 heterocycles. The third-order valence-corrected chi connectivity index (χ3v) is 4.57. The van der Waals surface area contributed by atoms with Crippen LogP contribution in [0.1, 0.15) is 32.4 Å². The van der Waals surface area contributed by atoms with Gasteiger partial charge in [0.05, 0.1) is 18.3 Å². The molecule has 1 saturated heterocycles. The molecule has 1 fully saturated rings. The third-order valence-electron chi connectivity index (χ3n) is 4.57. The van der Waals surface area contributed by atoms with Crippen LogP contribution in [-0.2, 0) is 23.9 Å². The third kappa shape index (κ3) is 3.61. The van der Waals surface area contributed by atoms with Crippen LogP contribution in [0.25, 0.3) is 11.0 Å². The van der Waals surface area contributed by atoms with E-state index in [2.05, 4.69) is 20.3 Å². The van der Waals surface area contributed by atoms with Crippen LogP contribution in [0, 0.1) is 5.92 Å². The largest absolute Gasteiger partial charge is 0.464 e. The van der Waals surface area contributed by atoms with E-state index in [9.17, 15) is 19.2 Å². The summed E-state index contributed by atoms with van der Waals surface area (Å²) in [6.45, 7) is 3.86. The average molecular weight is 376 g/mol. The summed E-state index contributed by atoms with van der Waals surface area (Å²) in [6.07, 6.45) is 2.05. The topological polar surface area (TPSA) is 143 Å². The zero-order valence-electron chi connectivity index (χ0n) is 15.1. The van der Waals surface area contributed by atoms with E-state index in [0.29, 0.717) is 11.1 Å². The average Bonchev–Trinajstić information content (AvgIpc) is 3.14. The van der Waals surface area contributed by atoms with Gasteiger partial charge in [-0.25, -0.2) is 4.98 Å². The number of carbonyl (C=O) groups excluding carboxylic acids is 3. The van der Waals surface area contributed by atoms with E-state index < -0.39 is 36.0 Å². The van der Waals surface area contributed by atoms with Gasteiger partial charge in [-0.15, -0.1) is 0 Å². The Kier molecular flexibility index (Phi) is 5.08. The summed E-state index contributed by atoms with van der Waals surface area (Å²) in [5, 5.41) is 3.20. The second-order valence-electron chi connectivity index (χ2n) is 6.46. The summed E-state index contributed by atoms with van der Waals surface area (Å²) in [4.78, 5) is 56.6. The predicted molar refractivity (Wildman–Crippen MR) is 92.7 cm³/mol. The SMILES string of the molecule is CC(=O)OCC1NC(c2c[nH]c3c(=O)[nH]cnc23)C(C(C)=O)C1OC(C)=O. The molecule has 2 aromatic heterocycles. The minimum absolute atomic E-state index is 0.0655. The molecule has 0 aliphatic carbocycles. The molecule has 4 atom stereocenters. The maximum atomic E-state index is 12.4. The minimum atomic E-state index is -0.823. The molecule has 27 heavy (non-hydrogen) atoms. The molecular formula is C17H20N4O6. The molecule has 3 N–H and O–H groups in total. The highest BCUT2D eigenvalue weighted by molar-refractivity contribution is 5.84. The standard InChI is InChI=1S/C17H20N4O6/c1-7(22)12-13(10-4-18-15-14(10)19-6-20-17(15)25)21-11(5-26-8(2)23)16(12)27-9(3)24/h4,6,11-13,16,18,21H,5H2,1-3H3,(H,19,20,25). The van der Waals surface area contributed by atoms with Crippen molar-refractivity contribution in [2.75, 3.05) is 6.61 Å². The van der Waals surface area contributed by atoms with E-state index in [1.54, 1.807) is 6.20 Å². The van der Waals surface area contributed by atoms with Gasteiger partial charge >= 0.3 is 11.9 Å². The number of aromatic nitrogens is 3. The normalized spacial score (nSPS) is 24.7. The first-order chi connectivity index (χ1) is 12.8. The van der Waals surface area contributed by atoms with Gasteiger partial charge in [-0.1, -0.05) is 0 Å². The van der Waals surface area contributed by atoms with Gasteiger partial charge in [-0.05, 0) is 6.92 Å². The van der Waals surface area contributed by atoms with Crippen LogP contribution in [0.3, 0.4) is 0 Å². The van der Waals surface area contributed by atoms with E-state index in [-0.39, 0.29) is 23.5 Å². The number of hydrogen-bond donors (Lipinski definition) is 3. The number of Topliss-reactive ketones (excluding diaryl/α,β-unsaturated/α-hetero) is 1. The Morgan fingerprint density at radius 3 is 2.52 bits per heavy atom. The fraction of sp³-hybridized carbons (Fsp3) is 0.471. The van der Waals surface area contributed by atoms with Crippen molar-refractivity contribution in [2.24, 2.45) is 5.92 Å². The lowest BCUT2D eigenvalue weighted by Gasteiger charge is -2.22. The zero-order chi connectivity index (χ0) is 19.7. The fourth-order valence-corrected chi connectivity index (χ4v) is 3.52. The van der Waals surface area contributed by atoms with Gasteiger partial charge in [0.25, 0.3) is 5.56 Å². The fourth-order valence-electron chi connectivity index (χ4n) is 3.52. The molecule has 0 bridgehead atoms. The van der Waals surface area contributed by atoms with Crippen molar-refractivity contribution in [3.05, 3.63) is 28.4 Å².